The van der Waals surface area contributed by atoms with Crippen LogP contribution in [-0.2, 0) is 6.42 Å². The van der Waals surface area contributed by atoms with Gasteiger partial charge in [0, 0.05) is 0 Å². The summed E-state index contributed by atoms with van der Waals surface area (Å²) in [5.74, 6) is -0.250. The highest BCUT2D eigenvalue weighted by atomic mass is 16.6. The van der Waals surface area contributed by atoms with Crippen LogP contribution in [0.25, 0.3) is 5.82 Å². The van der Waals surface area contributed by atoms with Crippen molar-refractivity contribution < 1.29 is 14.5 Å². The topological polar surface area (TPSA) is 157 Å². The van der Waals surface area contributed by atoms with Gasteiger partial charge in [0.25, 0.3) is 5.91 Å². The van der Waals surface area contributed by atoms with Gasteiger partial charge in [-0.2, -0.15) is 9.78 Å². The predicted octanol–water partition coefficient (Wildman–Crippen LogP) is 0.264. The maximum atomic E-state index is 12.3. The van der Waals surface area contributed by atoms with E-state index >= 15 is 0 Å². The highest BCUT2D eigenvalue weighted by molar-refractivity contribution is 5.94. The van der Waals surface area contributed by atoms with Crippen molar-refractivity contribution in [1.82, 2.24) is 30.7 Å². The van der Waals surface area contributed by atoms with E-state index < -0.39 is 5.91 Å². The average Bonchev–Trinajstić information content (AvgIpc) is 3.20. The van der Waals surface area contributed by atoms with Crippen LogP contribution in [0.5, 0.6) is 5.75 Å². The molecule has 0 radical (unpaired) electrons. The Bertz CT molecular complexity index is 930. The number of hydrogen-bond donors (Lipinski definition) is 3. The quantitative estimate of drug-likeness (QED) is 0.440. The van der Waals surface area contributed by atoms with Crippen LogP contribution in [0.3, 0.4) is 0 Å². The minimum atomic E-state index is -0.547. The number of aromatic hydroxyl groups is 1. The van der Waals surface area contributed by atoms with Crippen LogP contribution in [0.2, 0.25) is 0 Å². The average molecular weight is 342 g/mol. The smallest absolute Gasteiger partial charge is 0.293 e. The summed E-state index contributed by atoms with van der Waals surface area (Å²) in [6.45, 7) is 1.83. The van der Waals surface area contributed by atoms with Gasteiger partial charge in [0.05, 0.1) is 11.9 Å². The maximum absolute atomic E-state index is 12.3. The third-order valence-corrected chi connectivity index (χ3v) is 3.26. The van der Waals surface area contributed by atoms with Crippen LogP contribution in [0.4, 0.5) is 5.82 Å². The molecule has 0 spiro atoms. The molecule has 25 heavy (non-hydrogen) atoms. The summed E-state index contributed by atoms with van der Waals surface area (Å²) in [4.78, 5) is 12.3. The molecule has 0 saturated carbocycles. The number of nitrogens with two attached hydrogens (primary N) is 1. The van der Waals surface area contributed by atoms with Crippen molar-refractivity contribution in [2.24, 2.45) is 5.10 Å². The van der Waals surface area contributed by atoms with Gasteiger partial charge in [-0.3, -0.25) is 4.79 Å². The zero-order chi connectivity index (χ0) is 17.8. The number of carbonyl (C=O) groups is 1. The Hall–Kier alpha value is -3.76. The van der Waals surface area contributed by atoms with E-state index in [0.29, 0.717) is 17.7 Å². The van der Waals surface area contributed by atoms with Crippen LogP contribution >= 0.6 is 0 Å². The molecule has 128 valence electrons. The number of anilines is 1. The van der Waals surface area contributed by atoms with Gasteiger partial charge in [-0.05, 0) is 34.4 Å². The van der Waals surface area contributed by atoms with Crippen LogP contribution < -0.4 is 11.2 Å². The number of phenols is 1. The highest BCUT2D eigenvalue weighted by Crippen LogP contribution is 2.16. The van der Waals surface area contributed by atoms with Crippen molar-refractivity contribution in [3.8, 4) is 11.6 Å². The van der Waals surface area contributed by atoms with Crippen LogP contribution in [0.15, 0.2) is 34.0 Å². The van der Waals surface area contributed by atoms with Crippen molar-refractivity contribution in [3.63, 3.8) is 0 Å². The number of benzene rings is 1. The van der Waals surface area contributed by atoms with Gasteiger partial charge in [-0.25, -0.2) is 10.1 Å². The van der Waals surface area contributed by atoms with E-state index in [0.717, 1.165) is 0 Å². The van der Waals surface area contributed by atoms with Gasteiger partial charge in [-0.1, -0.05) is 24.3 Å². The second-order valence-electron chi connectivity index (χ2n) is 4.92. The normalized spacial score (nSPS) is 11.1. The van der Waals surface area contributed by atoms with Crippen LogP contribution in [-0.4, -0.2) is 42.5 Å². The summed E-state index contributed by atoms with van der Waals surface area (Å²) in [6, 6.07) is 6.43. The first-order valence-corrected chi connectivity index (χ1v) is 7.25. The summed E-state index contributed by atoms with van der Waals surface area (Å²) in [5.41, 5.74) is 9.18. The number of aromatic nitrogens is 5. The molecule has 0 saturated heterocycles. The van der Waals surface area contributed by atoms with E-state index in [1.165, 1.54) is 23.0 Å². The van der Waals surface area contributed by atoms with Crippen molar-refractivity contribution >= 4 is 17.9 Å². The summed E-state index contributed by atoms with van der Waals surface area (Å²) in [7, 11) is 0. The molecule has 1 aromatic carbocycles. The van der Waals surface area contributed by atoms with Crippen LogP contribution in [0.1, 0.15) is 28.7 Å². The minimum absolute atomic E-state index is 0.0356. The van der Waals surface area contributed by atoms with Gasteiger partial charge in [-0.15, -0.1) is 5.10 Å². The summed E-state index contributed by atoms with van der Waals surface area (Å²) < 4.78 is 5.83. The largest absolute Gasteiger partial charge is 0.508 e. The number of nitrogens with zero attached hydrogens (tertiary/aromatic N) is 6. The molecule has 0 aliphatic heterocycles. The summed E-state index contributed by atoms with van der Waals surface area (Å²) in [6.07, 6.45) is 1.84. The van der Waals surface area contributed by atoms with Gasteiger partial charge < -0.3 is 10.8 Å². The number of amides is 1. The zero-order valence-corrected chi connectivity index (χ0v) is 13.1. The Morgan fingerprint density at radius 1 is 1.48 bits per heavy atom. The lowest BCUT2D eigenvalue weighted by atomic mass is 10.2. The molecule has 3 rings (SSSR count). The molecule has 11 heteroatoms. The van der Waals surface area contributed by atoms with Gasteiger partial charge >= 0.3 is 0 Å². The van der Waals surface area contributed by atoms with Crippen LogP contribution in [0, 0.1) is 0 Å². The number of nitrogens with one attached hydrogen (secondary N) is 1. The molecule has 0 aliphatic rings. The maximum Gasteiger partial charge on any atom is 0.293 e. The minimum Gasteiger partial charge on any atom is -0.508 e. The second-order valence-corrected chi connectivity index (χ2v) is 4.92. The number of carbonyl (C=O) groups excluding carboxylic acids is 1. The summed E-state index contributed by atoms with van der Waals surface area (Å²) in [5, 5.41) is 28.1. The Labute approximate surface area is 141 Å². The Morgan fingerprint density at radius 3 is 3.00 bits per heavy atom. The molecule has 0 unspecified atom stereocenters. The molecular formula is C14H14N8O3. The molecule has 4 N–H and O–H groups in total. The molecule has 0 atom stereocenters. The Kier molecular flexibility index (Phi) is 4.37. The molecule has 0 bridgehead atoms. The monoisotopic (exact) mass is 342 g/mol. The van der Waals surface area contributed by atoms with E-state index in [1.54, 1.807) is 12.1 Å². The second kappa shape index (κ2) is 6.78. The van der Waals surface area contributed by atoms with E-state index in [4.69, 9.17) is 5.73 Å². The Balaban J connectivity index is 1.79. The molecule has 0 fully saturated rings. The van der Waals surface area contributed by atoms with E-state index in [1.807, 2.05) is 6.92 Å². The Morgan fingerprint density at radius 2 is 2.32 bits per heavy atom. The number of nitrogen functional groups attached to an aromatic ring is 1. The lowest BCUT2D eigenvalue weighted by molar-refractivity contribution is 0.0949. The fourth-order valence-electron chi connectivity index (χ4n) is 2.13. The molecule has 11 nitrogen and oxygen atoms in total. The number of phenolic OH excluding ortho intramolecular Hbond substituents is 1. The first-order valence-electron chi connectivity index (χ1n) is 7.25. The molecule has 0 aliphatic carbocycles. The third-order valence-electron chi connectivity index (χ3n) is 3.26. The first kappa shape index (κ1) is 16.1. The van der Waals surface area contributed by atoms with Crippen molar-refractivity contribution in [3.05, 3.63) is 41.2 Å². The number of hydrazone groups is 1. The molecule has 2 heterocycles. The molecule has 1 amide bonds. The molecular weight excluding hydrogens is 328 g/mol. The molecule has 3 aromatic rings. The van der Waals surface area contributed by atoms with Crippen molar-refractivity contribution in [1.29, 1.82) is 0 Å². The zero-order valence-electron chi connectivity index (χ0n) is 13.1. The number of hydrogen-bond acceptors (Lipinski definition) is 9. The van der Waals surface area contributed by atoms with Gasteiger partial charge in [0.15, 0.2) is 5.69 Å². The predicted molar refractivity (Wildman–Crippen MR) is 86.2 cm³/mol. The fourth-order valence-corrected chi connectivity index (χ4v) is 2.13. The standard InChI is InChI=1S/C14H14N8O3/c1-2-10-11(17-21-22(10)13-12(15)19-25-20-13)14(24)18-16-7-8-4-3-5-9(23)6-8/h3-7,23H,2H2,1H3,(H2,15,19)(H,18,24). The van der Waals surface area contributed by atoms with E-state index in [-0.39, 0.29) is 23.1 Å². The highest BCUT2D eigenvalue weighted by Gasteiger charge is 2.22. The van der Waals surface area contributed by atoms with Gasteiger partial charge in [0.1, 0.15) is 5.75 Å². The lowest BCUT2D eigenvalue weighted by Crippen LogP contribution is -2.20. The summed E-state index contributed by atoms with van der Waals surface area (Å²) >= 11 is 0. The lowest BCUT2D eigenvalue weighted by Gasteiger charge is -2.02. The SMILES string of the molecule is CCc1c(C(=O)NN=Cc2cccc(O)c2)nnn1-c1nonc1N. The number of rotatable bonds is 5. The van der Waals surface area contributed by atoms with E-state index in [9.17, 15) is 9.90 Å². The first-order chi connectivity index (χ1) is 12.1. The third kappa shape index (κ3) is 3.29. The van der Waals surface area contributed by atoms with Crippen molar-refractivity contribution in [2.75, 3.05) is 5.73 Å². The molecule has 2 aromatic heterocycles. The van der Waals surface area contributed by atoms with Gasteiger partial charge in [0.2, 0.25) is 11.6 Å². The van der Waals surface area contributed by atoms with Crippen molar-refractivity contribution in [2.45, 2.75) is 13.3 Å². The fraction of sp³-hybridized carbons (Fsp3) is 0.143. The van der Waals surface area contributed by atoms with E-state index in [2.05, 4.69) is 35.8 Å².